The molecule has 78 valence electrons. The molecule has 1 heterocycles. The molecule has 0 aliphatic rings. The Morgan fingerprint density at radius 2 is 1.73 bits per heavy atom. The molecule has 0 aliphatic carbocycles. The minimum absolute atomic E-state index is 0.0584. The van der Waals surface area contributed by atoms with E-state index in [-0.39, 0.29) is 4.88 Å². The van der Waals surface area contributed by atoms with E-state index in [9.17, 15) is 13.2 Å². The summed E-state index contributed by atoms with van der Waals surface area (Å²) in [5, 5.41) is 3.11. The van der Waals surface area contributed by atoms with Crippen LogP contribution in [-0.2, 0) is 6.18 Å². The van der Waals surface area contributed by atoms with Crippen molar-refractivity contribution in [3.05, 3.63) is 36.0 Å². The van der Waals surface area contributed by atoms with Crippen molar-refractivity contribution < 1.29 is 13.2 Å². The lowest BCUT2D eigenvalue weighted by Crippen LogP contribution is -2.07. The van der Waals surface area contributed by atoms with Gasteiger partial charge in [-0.15, -0.1) is 5.10 Å². The van der Waals surface area contributed by atoms with Crippen LogP contribution in [0.15, 0.2) is 30.3 Å². The number of hydrogen-bond acceptors (Lipinski definition) is 3. The van der Waals surface area contributed by atoms with Crippen LogP contribution < -0.4 is 0 Å². The first kappa shape index (κ1) is 10.1. The predicted molar refractivity (Wildman–Crippen MR) is 50.3 cm³/mol. The molecule has 0 amide bonds. The molecule has 15 heavy (non-hydrogen) atoms. The summed E-state index contributed by atoms with van der Waals surface area (Å²) in [4.78, 5) is 0.0584. The molecule has 0 saturated heterocycles. The van der Waals surface area contributed by atoms with Crippen molar-refractivity contribution in [1.82, 2.24) is 9.59 Å². The third kappa shape index (κ3) is 1.99. The molecular formula is C9H5F3N2S. The minimum Gasteiger partial charge on any atom is -0.164 e. The number of benzene rings is 1. The van der Waals surface area contributed by atoms with Gasteiger partial charge in [0.1, 0.15) is 0 Å². The van der Waals surface area contributed by atoms with Gasteiger partial charge >= 0.3 is 6.18 Å². The van der Waals surface area contributed by atoms with Crippen LogP contribution in [-0.4, -0.2) is 9.59 Å². The summed E-state index contributed by atoms with van der Waals surface area (Å²) < 4.78 is 40.8. The minimum atomic E-state index is -4.45. The van der Waals surface area contributed by atoms with Gasteiger partial charge in [0.2, 0.25) is 0 Å². The maximum atomic E-state index is 12.5. The van der Waals surface area contributed by atoms with Crippen molar-refractivity contribution in [2.24, 2.45) is 0 Å². The fourth-order valence-electron chi connectivity index (χ4n) is 1.16. The average Bonchev–Trinajstić information content (AvgIpc) is 2.67. The van der Waals surface area contributed by atoms with Gasteiger partial charge in [0.25, 0.3) is 0 Å². The Morgan fingerprint density at radius 1 is 1.07 bits per heavy atom. The van der Waals surface area contributed by atoms with Crippen molar-refractivity contribution in [1.29, 1.82) is 0 Å². The van der Waals surface area contributed by atoms with Crippen molar-refractivity contribution in [3.8, 4) is 10.4 Å². The van der Waals surface area contributed by atoms with E-state index in [0.717, 1.165) is 11.5 Å². The van der Waals surface area contributed by atoms with E-state index in [2.05, 4.69) is 9.59 Å². The van der Waals surface area contributed by atoms with Crippen LogP contribution in [0.5, 0.6) is 0 Å². The lowest BCUT2D eigenvalue weighted by Gasteiger charge is -2.04. The summed E-state index contributed by atoms with van der Waals surface area (Å²) in [7, 11) is 0. The normalized spacial score (nSPS) is 11.7. The fourth-order valence-corrected chi connectivity index (χ4v) is 1.84. The largest absolute Gasteiger partial charge is 0.436 e. The van der Waals surface area contributed by atoms with Crippen LogP contribution in [0.3, 0.4) is 0 Å². The van der Waals surface area contributed by atoms with E-state index in [0.29, 0.717) is 5.56 Å². The second kappa shape index (κ2) is 3.62. The van der Waals surface area contributed by atoms with E-state index < -0.39 is 11.9 Å². The summed E-state index contributed by atoms with van der Waals surface area (Å²) in [5.74, 6) is 0. The first-order valence-corrected chi connectivity index (χ1v) is 4.81. The predicted octanol–water partition coefficient (Wildman–Crippen LogP) is 3.22. The molecule has 0 fully saturated rings. The number of halogens is 3. The standard InChI is InChI=1S/C9H5F3N2S/c10-9(11,12)8-7(15-14-13-8)6-4-2-1-3-5-6/h1-5H. The second-order valence-electron chi connectivity index (χ2n) is 2.81. The number of hydrogen-bond donors (Lipinski definition) is 0. The molecule has 0 spiro atoms. The molecule has 2 nitrogen and oxygen atoms in total. The Bertz CT molecular complexity index is 450. The first-order valence-electron chi connectivity index (χ1n) is 4.04. The van der Waals surface area contributed by atoms with Crippen LogP contribution in [0.2, 0.25) is 0 Å². The van der Waals surface area contributed by atoms with Crippen LogP contribution in [0.25, 0.3) is 10.4 Å². The zero-order chi connectivity index (χ0) is 10.9. The maximum absolute atomic E-state index is 12.5. The van der Waals surface area contributed by atoms with E-state index >= 15 is 0 Å². The molecule has 2 aromatic rings. The van der Waals surface area contributed by atoms with Gasteiger partial charge in [0, 0.05) is 0 Å². The highest BCUT2D eigenvalue weighted by molar-refractivity contribution is 7.09. The van der Waals surface area contributed by atoms with Crippen molar-refractivity contribution >= 4 is 11.5 Å². The number of nitrogens with zero attached hydrogens (tertiary/aromatic N) is 2. The highest BCUT2D eigenvalue weighted by Crippen LogP contribution is 2.37. The number of rotatable bonds is 1. The molecule has 2 rings (SSSR count). The molecular weight excluding hydrogens is 225 g/mol. The zero-order valence-electron chi connectivity index (χ0n) is 7.32. The van der Waals surface area contributed by atoms with Crippen molar-refractivity contribution in [2.75, 3.05) is 0 Å². The molecule has 6 heteroatoms. The van der Waals surface area contributed by atoms with Gasteiger partial charge in [-0.05, 0) is 17.1 Å². The molecule has 0 unspecified atom stereocenters. The summed E-state index contributed by atoms with van der Waals surface area (Å²) in [6, 6.07) is 8.30. The Morgan fingerprint density at radius 3 is 2.33 bits per heavy atom. The lowest BCUT2D eigenvalue weighted by molar-refractivity contribution is -0.140. The van der Waals surface area contributed by atoms with E-state index in [1.54, 1.807) is 30.3 Å². The highest BCUT2D eigenvalue weighted by Gasteiger charge is 2.37. The molecule has 1 aromatic carbocycles. The Balaban J connectivity index is 2.51. The summed E-state index contributed by atoms with van der Waals surface area (Å²) in [5.41, 5.74) is -0.432. The molecule has 1 aromatic heterocycles. The lowest BCUT2D eigenvalue weighted by atomic mass is 10.1. The SMILES string of the molecule is FC(F)(F)c1nnsc1-c1ccccc1. The van der Waals surface area contributed by atoms with Gasteiger partial charge in [0.05, 0.1) is 4.88 Å². The first-order chi connectivity index (χ1) is 7.09. The second-order valence-corrected chi connectivity index (χ2v) is 3.57. The van der Waals surface area contributed by atoms with Crippen LogP contribution in [0.4, 0.5) is 13.2 Å². The third-order valence-corrected chi connectivity index (χ3v) is 2.57. The Hall–Kier alpha value is -1.43. The third-order valence-electron chi connectivity index (χ3n) is 1.79. The quantitative estimate of drug-likeness (QED) is 0.751. The van der Waals surface area contributed by atoms with Crippen LogP contribution in [0, 0.1) is 0 Å². The number of aromatic nitrogens is 2. The molecule has 0 atom stereocenters. The van der Waals surface area contributed by atoms with Gasteiger partial charge in [0.15, 0.2) is 5.69 Å². The molecule has 0 aliphatic heterocycles. The topological polar surface area (TPSA) is 25.8 Å². The zero-order valence-corrected chi connectivity index (χ0v) is 8.14. The fraction of sp³-hybridized carbons (Fsp3) is 0.111. The Labute approximate surface area is 87.5 Å². The Kier molecular flexibility index (Phi) is 2.44. The van der Waals surface area contributed by atoms with E-state index in [4.69, 9.17) is 0 Å². The maximum Gasteiger partial charge on any atom is 0.436 e. The van der Waals surface area contributed by atoms with Crippen molar-refractivity contribution in [2.45, 2.75) is 6.18 Å². The highest BCUT2D eigenvalue weighted by atomic mass is 32.1. The van der Waals surface area contributed by atoms with E-state index in [1.165, 1.54) is 0 Å². The van der Waals surface area contributed by atoms with Gasteiger partial charge in [-0.3, -0.25) is 0 Å². The van der Waals surface area contributed by atoms with Gasteiger partial charge in [-0.25, -0.2) is 0 Å². The summed E-state index contributed by atoms with van der Waals surface area (Å²) in [6.45, 7) is 0. The number of alkyl halides is 3. The molecule has 0 saturated carbocycles. The molecule has 0 radical (unpaired) electrons. The van der Waals surface area contributed by atoms with Gasteiger partial charge in [-0.2, -0.15) is 13.2 Å². The van der Waals surface area contributed by atoms with Gasteiger partial charge in [-0.1, -0.05) is 34.8 Å². The van der Waals surface area contributed by atoms with Gasteiger partial charge < -0.3 is 0 Å². The van der Waals surface area contributed by atoms with Crippen LogP contribution >= 0.6 is 11.5 Å². The average molecular weight is 230 g/mol. The molecule has 0 N–H and O–H groups in total. The van der Waals surface area contributed by atoms with Crippen LogP contribution in [0.1, 0.15) is 5.69 Å². The monoisotopic (exact) mass is 230 g/mol. The summed E-state index contributed by atoms with van der Waals surface area (Å²) >= 11 is 0.748. The van der Waals surface area contributed by atoms with Crippen molar-refractivity contribution in [3.63, 3.8) is 0 Å². The summed E-state index contributed by atoms with van der Waals surface area (Å²) in [6.07, 6.45) is -4.45. The van der Waals surface area contributed by atoms with E-state index in [1.807, 2.05) is 0 Å². The molecule has 0 bridgehead atoms. The smallest absolute Gasteiger partial charge is 0.164 e.